The van der Waals surface area contributed by atoms with Gasteiger partial charge in [-0.25, -0.2) is 0 Å². The number of ether oxygens (including phenoxy) is 1. The Morgan fingerprint density at radius 2 is 1.91 bits per heavy atom. The van der Waals surface area contributed by atoms with Gasteiger partial charge in [-0.05, 0) is 51.8 Å². The van der Waals surface area contributed by atoms with E-state index in [-0.39, 0.29) is 5.97 Å². The van der Waals surface area contributed by atoms with E-state index >= 15 is 0 Å². The second-order valence-corrected chi connectivity index (χ2v) is 6.26. The van der Waals surface area contributed by atoms with Gasteiger partial charge in [-0.2, -0.15) is 0 Å². The van der Waals surface area contributed by atoms with Crippen molar-refractivity contribution in [3.8, 4) is 5.75 Å². The van der Waals surface area contributed by atoms with Gasteiger partial charge in [0.1, 0.15) is 5.75 Å². The van der Waals surface area contributed by atoms with Crippen molar-refractivity contribution in [2.45, 2.75) is 53.1 Å². The number of benzene rings is 1. The van der Waals surface area contributed by atoms with Crippen molar-refractivity contribution in [2.75, 3.05) is 6.54 Å². The van der Waals surface area contributed by atoms with Crippen molar-refractivity contribution in [1.29, 1.82) is 0 Å². The van der Waals surface area contributed by atoms with E-state index in [1.807, 2.05) is 24.4 Å². The lowest BCUT2D eigenvalue weighted by molar-refractivity contribution is -0.131. The summed E-state index contributed by atoms with van der Waals surface area (Å²) in [6.45, 7) is 11.3. The number of hydrogen-bond acceptors (Lipinski definition) is 3. The first-order valence-electron chi connectivity index (χ1n) is 7.93. The fourth-order valence-electron chi connectivity index (χ4n) is 3.02. The highest BCUT2D eigenvalue weighted by molar-refractivity contribution is 5.91. The molecule has 0 saturated carbocycles. The van der Waals surface area contributed by atoms with Crippen LogP contribution in [0.3, 0.4) is 0 Å². The van der Waals surface area contributed by atoms with Crippen LogP contribution in [0.2, 0.25) is 0 Å². The van der Waals surface area contributed by atoms with Gasteiger partial charge in [0.15, 0.2) is 0 Å². The summed E-state index contributed by atoms with van der Waals surface area (Å²) in [6.07, 6.45) is 2.95. The topological polar surface area (TPSA) is 45.3 Å². The Morgan fingerprint density at radius 1 is 1.23 bits per heavy atom. The van der Waals surface area contributed by atoms with E-state index in [2.05, 4.69) is 37.6 Å². The summed E-state index contributed by atoms with van der Waals surface area (Å²) in [5.41, 5.74) is 2.20. The molecule has 22 heavy (non-hydrogen) atoms. The van der Waals surface area contributed by atoms with Crippen LogP contribution in [0.4, 0.5) is 0 Å². The zero-order valence-electron chi connectivity index (χ0n) is 14.1. The van der Waals surface area contributed by atoms with E-state index in [0.29, 0.717) is 17.8 Å². The number of fused-ring (bicyclic) bond motifs is 1. The smallest absolute Gasteiger partial charge is 0.308 e. The maximum absolute atomic E-state index is 11.3. The first-order valence-corrected chi connectivity index (χ1v) is 7.93. The highest BCUT2D eigenvalue weighted by Gasteiger charge is 2.16. The number of H-pyrrole nitrogens is 1. The van der Waals surface area contributed by atoms with Crippen LogP contribution in [0.5, 0.6) is 5.75 Å². The van der Waals surface area contributed by atoms with Gasteiger partial charge in [0.25, 0.3) is 0 Å². The van der Waals surface area contributed by atoms with E-state index in [1.165, 1.54) is 12.5 Å². The lowest BCUT2D eigenvalue weighted by Gasteiger charge is -2.30. The van der Waals surface area contributed by atoms with Gasteiger partial charge in [-0.1, -0.05) is 6.07 Å². The number of aromatic nitrogens is 1. The summed E-state index contributed by atoms with van der Waals surface area (Å²) in [7, 11) is 0. The van der Waals surface area contributed by atoms with Gasteiger partial charge in [0.2, 0.25) is 0 Å². The molecule has 1 aromatic heterocycles. The van der Waals surface area contributed by atoms with Crippen LogP contribution in [0.1, 0.15) is 40.2 Å². The lowest BCUT2D eigenvalue weighted by Crippen LogP contribution is -2.38. The molecule has 4 heteroatoms. The van der Waals surface area contributed by atoms with Crippen molar-refractivity contribution in [2.24, 2.45) is 0 Å². The molecule has 0 amide bonds. The van der Waals surface area contributed by atoms with Crippen LogP contribution in [0.25, 0.3) is 10.9 Å². The number of hydrogen-bond donors (Lipinski definition) is 1. The number of nitrogens with zero attached hydrogens (tertiary/aromatic N) is 1. The SMILES string of the molecule is CC(=O)Oc1cccc2[nH]cc(CCN(C(C)C)C(C)C)c12. The Kier molecular flexibility index (Phi) is 5.24. The quantitative estimate of drug-likeness (QED) is 0.653. The maximum Gasteiger partial charge on any atom is 0.308 e. The summed E-state index contributed by atoms with van der Waals surface area (Å²) >= 11 is 0. The molecular formula is C18H26N2O2. The number of rotatable bonds is 6. The number of carbonyl (C=O) groups excluding carboxylic acids is 1. The lowest BCUT2D eigenvalue weighted by atomic mass is 10.1. The summed E-state index contributed by atoms with van der Waals surface area (Å²) in [5, 5.41) is 1.02. The molecule has 0 atom stereocenters. The van der Waals surface area contributed by atoms with Gasteiger partial charge < -0.3 is 9.72 Å². The van der Waals surface area contributed by atoms with E-state index in [9.17, 15) is 4.79 Å². The van der Waals surface area contributed by atoms with Crippen molar-refractivity contribution in [3.63, 3.8) is 0 Å². The molecular weight excluding hydrogens is 276 g/mol. The molecule has 0 spiro atoms. The van der Waals surface area contributed by atoms with Gasteiger partial charge in [0.05, 0.1) is 0 Å². The first-order chi connectivity index (χ1) is 10.4. The minimum atomic E-state index is -0.286. The van der Waals surface area contributed by atoms with Crippen LogP contribution < -0.4 is 4.74 Å². The Hall–Kier alpha value is -1.81. The minimum Gasteiger partial charge on any atom is -0.426 e. The maximum atomic E-state index is 11.3. The Balaban J connectivity index is 2.26. The molecule has 1 N–H and O–H groups in total. The van der Waals surface area contributed by atoms with Crippen molar-refractivity contribution < 1.29 is 9.53 Å². The third kappa shape index (κ3) is 3.69. The predicted octanol–water partition coefficient (Wildman–Crippen LogP) is 3.75. The molecule has 0 unspecified atom stereocenters. The number of esters is 1. The largest absolute Gasteiger partial charge is 0.426 e. The zero-order chi connectivity index (χ0) is 16.3. The van der Waals surface area contributed by atoms with Crippen LogP contribution >= 0.6 is 0 Å². The monoisotopic (exact) mass is 302 g/mol. The molecule has 0 aliphatic rings. The molecule has 0 radical (unpaired) electrons. The Labute approximate surface area is 132 Å². The molecule has 1 heterocycles. The molecule has 0 aliphatic heterocycles. The van der Waals surface area contributed by atoms with Gasteiger partial charge >= 0.3 is 5.97 Å². The van der Waals surface area contributed by atoms with E-state index in [4.69, 9.17) is 4.74 Å². The standard InChI is InChI=1S/C18H26N2O2/c1-12(2)20(13(3)4)10-9-15-11-19-16-7-6-8-17(18(15)16)22-14(5)21/h6-8,11-13,19H,9-10H2,1-5H3. The Bertz CT molecular complexity index is 636. The van der Waals surface area contributed by atoms with Gasteiger partial charge in [-0.3, -0.25) is 9.69 Å². The highest BCUT2D eigenvalue weighted by Crippen LogP contribution is 2.29. The van der Waals surface area contributed by atoms with Crippen molar-refractivity contribution in [1.82, 2.24) is 9.88 Å². The summed E-state index contributed by atoms with van der Waals surface area (Å²) in [4.78, 5) is 17.0. The van der Waals surface area contributed by atoms with Crippen LogP contribution in [0, 0.1) is 0 Å². The normalized spacial score (nSPS) is 11.8. The van der Waals surface area contributed by atoms with Crippen LogP contribution in [-0.2, 0) is 11.2 Å². The van der Waals surface area contributed by atoms with Gasteiger partial charge in [-0.15, -0.1) is 0 Å². The van der Waals surface area contributed by atoms with Gasteiger partial charge in [0, 0.05) is 42.7 Å². The average Bonchev–Trinajstić information content (AvgIpc) is 2.82. The summed E-state index contributed by atoms with van der Waals surface area (Å²) in [5.74, 6) is 0.354. The van der Waals surface area contributed by atoms with Crippen molar-refractivity contribution >= 4 is 16.9 Å². The number of carbonyl (C=O) groups is 1. The molecule has 4 nitrogen and oxygen atoms in total. The molecule has 2 rings (SSSR count). The average molecular weight is 302 g/mol. The first kappa shape index (κ1) is 16.6. The molecule has 2 aromatic rings. The van der Waals surface area contributed by atoms with Crippen LogP contribution in [0.15, 0.2) is 24.4 Å². The second-order valence-electron chi connectivity index (χ2n) is 6.26. The summed E-state index contributed by atoms with van der Waals surface area (Å²) in [6, 6.07) is 6.78. The third-order valence-corrected chi connectivity index (χ3v) is 3.97. The highest BCUT2D eigenvalue weighted by atomic mass is 16.5. The number of nitrogens with one attached hydrogen (secondary N) is 1. The fourth-order valence-corrected chi connectivity index (χ4v) is 3.02. The predicted molar refractivity (Wildman–Crippen MR) is 90.3 cm³/mol. The minimum absolute atomic E-state index is 0.286. The van der Waals surface area contributed by atoms with Crippen molar-refractivity contribution in [3.05, 3.63) is 30.0 Å². The molecule has 0 saturated heterocycles. The fraction of sp³-hybridized carbons (Fsp3) is 0.500. The number of aromatic amines is 1. The van der Waals surface area contributed by atoms with Crippen LogP contribution in [-0.4, -0.2) is 34.5 Å². The third-order valence-electron chi connectivity index (χ3n) is 3.97. The van der Waals surface area contributed by atoms with E-state index < -0.39 is 0 Å². The summed E-state index contributed by atoms with van der Waals surface area (Å²) < 4.78 is 5.36. The molecule has 0 aliphatic carbocycles. The molecule has 0 fully saturated rings. The van der Waals surface area contributed by atoms with E-state index in [1.54, 1.807) is 0 Å². The second kappa shape index (κ2) is 6.97. The molecule has 1 aromatic carbocycles. The molecule has 120 valence electrons. The van der Waals surface area contributed by atoms with E-state index in [0.717, 1.165) is 23.9 Å². The zero-order valence-corrected chi connectivity index (χ0v) is 14.1. The molecule has 0 bridgehead atoms. The Morgan fingerprint density at radius 3 is 2.50 bits per heavy atom.